The Morgan fingerprint density at radius 2 is 0.643 bits per heavy atom. The van der Waals surface area contributed by atoms with Gasteiger partial charge in [0.25, 0.3) is 11.4 Å². The van der Waals surface area contributed by atoms with Crippen LogP contribution in [0, 0.1) is 23.7 Å². The molecule has 0 aromatic carbocycles. The summed E-state index contributed by atoms with van der Waals surface area (Å²) in [5.74, 6) is 2.03. The van der Waals surface area contributed by atoms with Crippen molar-refractivity contribution in [1.29, 1.82) is 0 Å². The fourth-order valence-electron chi connectivity index (χ4n) is 4.62. The van der Waals surface area contributed by atoms with Crippen molar-refractivity contribution in [2.75, 3.05) is 26.4 Å². The van der Waals surface area contributed by atoms with E-state index in [9.17, 15) is 0 Å². The normalized spacial score (nSPS) is 17.8. The van der Waals surface area contributed by atoms with E-state index in [1.807, 2.05) is 0 Å². The van der Waals surface area contributed by atoms with Gasteiger partial charge in [0.15, 0.2) is 0 Å². The molecule has 0 bridgehead atoms. The number of hydrogen-bond donors (Lipinski definition) is 0. The largest absolute Gasteiger partial charge is 0.321 e. The Bertz CT molecular complexity index is 610. The minimum Gasteiger partial charge on any atom is -0.321 e. The van der Waals surface area contributed by atoms with E-state index >= 15 is 0 Å². The summed E-state index contributed by atoms with van der Waals surface area (Å²) in [4.78, 5) is 0. The summed E-state index contributed by atoms with van der Waals surface area (Å²) < 4.78 is 26.3. The molecule has 0 aliphatic carbocycles. The van der Waals surface area contributed by atoms with Gasteiger partial charge < -0.3 is 18.1 Å². The van der Waals surface area contributed by atoms with Crippen molar-refractivity contribution in [3.63, 3.8) is 0 Å². The van der Waals surface area contributed by atoms with Crippen molar-refractivity contribution >= 4 is 55.8 Å². The van der Waals surface area contributed by atoms with Gasteiger partial charge in [0.05, 0.1) is 26.4 Å². The quantitative estimate of drug-likeness (QED) is 0.0521. The summed E-state index contributed by atoms with van der Waals surface area (Å²) in [6.07, 6.45) is 18.8. The highest BCUT2D eigenvalue weighted by Gasteiger charge is 2.31. The van der Waals surface area contributed by atoms with E-state index in [1.54, 1.807) is 0 Å². The molecule has 0 amide bonds. The Balaban J connectivity index is 5.79. The molecule has 0 aliphatic heterocycles. The van der Waals surface area contributed by atoms with Crippen molar-refractivity contribution in [3.05, 3.63) is 0 Å². The minimum absolute atomic E-state index is 0.506. The Labute approximate surface area is 280 Å². The van der Waals surface area contributed by atoms with Crippen LogP contribution in [-0.2, 0) is 41.7 Å². The average Bonchev–Trinajstić information content (AvgIpc) is 3.00. The van der Waals surface area contributed by atoms with Crippen molar-refractivity contribution < 1.29 is 18.1 Å². The lowest BCUT2D eigenvalue weighted by Crippen LogP contribution is -2.12. The first-order valence-corrected chi connectivity index (χ1v) is 26.0. The first-order chi connectivity index (χ1) is 20.2. The molecule has 0 spiro atoms. The molecule has 0 aromatic heterocycles. The van der Waals surface area contributed by atoms with Crippen LogP contribution in [-0.4, -0.2) is 26.4 Å². The number of hydrogen-bond acceptors (Lipinski definition) is 8. The van der Waals surface area contributed by atoms with E-state index in [4.69, 9.17) is 41.7 Å². The van der Waals surface area contributed by atoms with Gasteiger partial charge in [-0.25, -0.2) is 0 Å². The lowest BCUT2D eigenvalue weighted by molar-refractivity contribution is 0.188. The summed E-state index contributed by atoms with van der Waals surface area (Å²) in [7, 11) is 3.06. The standard InChI is InChI=1S/C32H68O4P2S4/c1-9-17-21-29(13-5)25-33-37(39,34-26-30(14-6)22-18-10-2)41-42-38(40,35-27-31(15-7)23-19-11-3)36-28-32(16-8)24-20-12-4/h29-32H,9-28H2,1-8H3. The molecule has 254 valence electrons. The molecule has 0 saturated heterocycles. The zero-order chi connectivity index (χ0) is 31.7. The van der Waals surface area contributed by atoms with Crippen LogP contribution in [0.25, 0.3) is 0 Å². The third kappa shape index (κ3) is 21.6. The third-order valence-electron chi connectivity index (χ3n) is 8.26. The predicted molar refractivity (Wildman–Crippen MR) is 201 cm³/mol. The third-order valence-corrected chi connectivity index (χ3v) is 23.4. The minimum atomic E-state index is -2.64. The Morgan fingerprint density at radius 3 is 0.810 bits per heavy atom. The lowest BCUT2D eigenvalue weighted by Gasteiger charge is -2.29. The van der Waals surface area contributed by atoms with Crippen LogP contribution in [0.5, 0.6) is 0 Å². The Kier molecular flexibility index (Phi) is 29.1. The number of rotatable bonds is 31. The van der Waals surface area contributed by atoms with Crippen molar-refractivity contribution in [2.24, 2.45) is 23.7 Å². The van der Waals surface area contributed by atoms with E-state index in [-0.39, 0.29) is 0 Å². The molecular weight excluding hydrogens is 639 g/mol. The van der Waals surface area contributed by atoms with Gasteiger partial charge in [-0.2, -0.15) is 0 Å². The Morgan fingerprint density at radius 1 is 0.429 bits per heavy atom. The highest BCUT2D eigenvalue weighted by Crippen LogP contribution is 2.77. The second kappa shape index (κ2) is 27.9. The summed E-state index contributed by atoms with van der Waals surface area (Å²) in [5.41, 5.74) is -5.29. The summed E-state index contributed by atoms with van der Waals surface area (Å²) >= 11 is 12.5. The fourth-order valence-corrected chi connectivity index (χ4v) is 21.0. The molecule has 4 atom stereocenters. The molecule has 0 aliphatic rings. The average molecular weight is 707 g/mol. The number of unbranched alkanes of at least 4 members (excludes halogenated alkanes) is 4. The maximum Gasteiger partial charge on any atom is 0.258 e. The first kappa shape index (κ1) is 43.8. The van der Waals surface area contributed by atoms with Crippen LogP contribution in [0.15, 0.2) is 0 Å². The van der Waals surface area contributed by atoms with Gasteiger partial charge in [-0.15, -0.1) is 0 Å². The van der Waals surface area contributed by atoms with E-state index in [0.717, 1.165) is 25.7 Å². The van der Waals surface area contributed by atoms with Gasteiger partial charge in [0, 0.05) is 20.8 Å². The summed E-state index contributed by atoms with van der Waals surface area (Å²) in [5, 5.41) is 0. The van der Waals surface area contributed by atoms with Crippen LogP contribution in [0.3, 0.4) is 0 Å². The lowest BCUT2D eigenvalue weighted by atomic mass is 10.0. The van der Waals surface area contributed by atoms with E-state index in [2.05, 4.69) is 55.4 Å². The molecule has 42 heavy (non-hydrogen) atoms. The molecule has 4 nitrogen and oxygen atoms in total. The monoisotopic (exact) mass is 706 g/mol. The van der Waals surface area contributed by atoms with Gasteiger partial charge in [0.2, 0.25) is 0 Å². The van der Waals surface area contributed by atoms with Crippen LogP contribution >= 0.6 is 32.2 Å². The molecule has 4 unspecified atom stereocenters. The summed E-state index contributed by atoms with van der Waals surface area (Å²) in [6.45, 7) is 20.6. The fraction of sp³-hybridized carbons (Fsp3) is 1.00. The van der Waals surface area contributed by atoms with Crippen LogP contribution in [0.2, 0.25) is 0 Å². The topological polar surface area (TPSA) is 36.9 Å². The van der Waals surface area contributed by atoms with E-state index in [1.165, 1.54) is 97.9 Å². The van der Waals surface area contributed by atoms with E-state index < -0.39 is 11.4 Å². The predicted octanol–water partition coefficient (Wildman–Crippen LogP) is 13.7. The van der Waals surface area contributed by atoms with Gasteiger partial charge in [0.1, 0.15) is 0 Å². The van der Waals surface area contributed by atoms with E-state index in [0.29, 0.717) is 50.1 Å². The van der Waals surface area contributed by atoms with Gasteiger partial charge in [-0.3, -0.25) is 0 Å². The highest BCUT2D eigenvalue weighted by molar-refractivity contribution is 9.17. The second-order valence-corrected chi connectivity index (χ2v) is 25.7. The van der Waals surface area contributed by atoms with Crippen LogP contribution < -0.4 is 0 Å². The smallest absolute Gasteiger partial charge is 0.258 e. The van der Waals surface area contributed by atoms with Crippen molar-refractivity contribution in [1.82, 2.24) is 0 Å². The SMILES string of the molecule is CCCCC(CC)COP(=S)(OCC(CC)CCCC)SSP(=S)(OCC(CC)CCCC)OCC(CC)CCCC. The maximum absolute atomic E-state index is 6.58. The molecule has 0 saturated carbocycles. The Hall–Kier alpha value is 1.84. The van der Waals surface area contributed by atoms with Gasteiger partial charge in [-0.05, 0) is 73.0 Å². The molecule has 0 fully saturated rings. The van der Waals surface area contributed by atoms with Gasteiger partial charge in [-0.1, -0.05) is 132 Å². The maximum atomic E-state index is 6.58. The van der Waals surface area contributed by atoms with Crippen molar-refractivity contribution in [3.8, 4) is 0 Å². The molecule has 10 heteroatoms. The second-order valence-electron chi connectivity index (χ2n) is 11.9. The zero-order valence-electron chi connectivity index (χ0n) is 28.6. The highest BCUT2D eigenvalue weighted by atomic mass is 33.5. The molecule has 0 radical (unpaired) electrons. The zero-order valence-corrected chi connectivity index (χ0v) is 33.7. The molecular formula is C32H68O4P2S4. The van der Waals surface area contributed by atoms with Gasteiger partial charge >= 0.3 is 0 Å². The van der Waals surface area contributed by atoms with Crippen LogP contribution in [0.1, 0.15) is 158 Å². The van der Waals surface area contributed by atoms with Crippen LogP contribution in [0.4, 0.5) is 0 Å². The van der Waals surface area contributed by atoms with Crippen molar-refractivity contribution in [2.45, 2.75) is 158 Å². The summed E-state index contributed by atoms with van der Waals surface area (Å²) in [6, 6.07) is 0. The molecule has 0 rings (SSSR count). The molecule has 0 aromatic rings. The molecule has 0 heterocycles. The molecule has 0 N–H and O–H groups in total. The first-order valence-electron chi connectivity index (χ1n) is 17.3.